The van der Waals surface area contributed by atoms with E-state index in [1.165, 1.54) is 18.2 Å². The van der Waals surface area contributed by atoms with Crippen molar-refractivity contribution in [3.8, 4) is 5.82 Å². The van der Waals surface area contributed by atoms with Crippen LogP contribution in [0.3, 0.4) is 0 Å². The Morgan fingerprint density at radius 2 is 1.76 bits per heavy atom. The monoisotopic (exact) mass is 408 g/mol. The maximum Gasteiger partial charge on any atom is 0.260 e. The number of hydrogen-bond acceptors (Lipinski definition) is 5. The number of carbonyl (C=O) groups excluding carboxylic acids is 1. The van der Waals surface area contributed by atoms with Gasteiger partial charge in [-0.05, 0) is 54.6 Å². The molecule has 2 heterocycles. The molecule has 4 aromatic rings. The van der Waals surface area contributed by atoms with Crippen LogP contribution in [0.4, 0.5) is 21.6 Å². The molecule has 144 valence electrons. The standard InChI is InChI=1S/C20H14ClFN6O/c21-15-3-1-4-16(22)19(15)20(29)25-14-7-5-13(6-8-14)24-17-9-10-18(27-26-17)28-12-2-11-23-28/h1-12H,(H,24,26)(H,25,29). The van der Waals surface area contributed by atoms with E-state index in [9.17, 15) is 9.18 Å². The fraction of sp³-hybridized carbons (Fsp3) is 0. The Labute approximate surface area is 170 Å². The largest absolute Gasteiger partial charge is 0.339 e. The zero-order valence-electron chi connectivity index (χ0n) is 14.9. The molecule has 0 aliphatic carbocycles. The van der Waals surface area contributed by atoms with E-state index in [1.54, 1.807) is 59.5 Å². The maximum atomic E-state index is 13.9. The summed E-state index contributed by atoms with van der Waals surface area (Å²) in [6.45, 7) is 0. The van der Waals surface area contributed by atoms with Crippen LogP contribution >= 0.6 is 11.6 Å². The lowest BCUT2D eigenvalue weighted by atomic mass is 10.2. The van der Waals surface area contributed by atoms with Gasteiger partial charge >= 0.3 is 0 Å². The molecule has 2 aromatic heterocycles. The zero-order valence-corrected chi connectivity index (χ0v) is 15.6. The van der Waals surface area contributed by atoms with Gasteiger partial charge in [0, 0.05) is 23.8 Å². The summed E-state index contributed by atoms with van der Waals surface area (Å²) < 4.78 is 15.5. The topological polar surface area (TPSA) is 84.7 Å². The second-order valence-corrected chi connectivity index (χ2v) is 6.39. The number of benzene rings is 2. The van der Waals surface area contributed by atoms with E-state index in [0.717, 1.165) is 5.69 Å². The van der Waals surface area contributed by atoms with Crippen molar-refractivity contribution in [3.63, 3.8) is 0 Å². The van der Waals surface area contributed by atoms with Crippen LogP contribution in [0, 0.1) is 5.82 Å². The van der Waals surface area contributed by atoms with Gasteiger partial charge in [0.25, 0.3) is 5.91 Å². The Kier molecular flexibility index (Phi) is 5.17. The number of carbonyl (C=O) groups is 1. The van der Waals surface area contributed by atoms with Gasteiger partial charge in [-0.1, -0.05) is 17.7 Å². The molecule has 0 spiro atoms. The van der Waals surface area contributed by atoms with E-state index in [-0.39, 0.29) is 10.6 Å². The molecule has 7 nitrogen and oxygen atoms in total. The summed E-state index contributed by atoms with van der Waals surface area (Å²) in [7, 11) is 0. The van der Waals surface area contributed by atoms with Crippen LogP contribution < -0.4 is 10.6 Å². The smallest absolute Gasteiger partial charge is 0.260 e. The van der Waals surface area contributed by atoms with Crippen molar-refractivity contribution in [1.82, 2.24) is 20.0 Å². The van der Waals surface area contributed by atoms with E-state index in [2.05, 4.69) is 25.9 Å². The Morgan fingerprint density at radius 3 is 2.41 bits per heavy atom. The number of nitrogens with one attached hydrogen (secondary N) is 2. The Morgan fingerprint density at radius 1 is 0.966 bits per heavy atom. The molecular weight excluding hydrogens is 395 g/mol. The Hall–Kier alpha value is -3.78. The predicted octanol–water partition coefficient (Wildman–Crippen LogP) is 4.45. The van der Waals surface area contributed by atoms with Gasteiger partial charge in [-0.3, -0.25) is 4.79 Å². The van der Waals surface area contributed by atoms with Crippen molar-refractivity contribution in [2.45, 2.75) is 0 Å². The highest BCUT2D eigenvalue weighted by Gasteiger charge is 2.15. The summed E-state index contributed by atoms with van der Waals surface area (Å²) in [4.78, 5) is 12.3. The number of halogens is 2. The number of nitrogens with zero attached hydrogens (tertiary/aromatic N) is 4. The second kappa shape index (κ2) is 8.07. The van der Waals surface area contributed by atoms with Gasteiger partial charge in [-0.15, -0.1) is 10.2 Å². The summed E-state index contributed by atoms with van der Waals surface area (Å²) in [5.74, 6) is -0.138. The molecule has 0 radical (unpaired) electrons. The van der Waals surface area contributed by atoms with Crippen LogP contribution in [0.25, 0.3) is 5.82 Å². The molecule has 4 rings (SSSR count). The highest BCUT2D eigenvalue weighted by Crippen LogP contribution is 2.22. The molecular formula is C20H14ClFN6O. The molecule has 0 saturated carbocycles. The number of aromatic nitrogens is 4. The van der Waals surface area contributed by atoms with Crippen molar-refractivity contribution in [3.05, 3.63) is 89.5 Å². The molecule has 29 heavy (non-hydrogen) atoms. The molecule has 0 aliphatic rings. The third-order valence-electron chi connectivity index (χ3n) is 3.99. The van der Waals surface area contributed by atoms with E-state index >= 15 is 0 Å². The van der Waals surface area contributed by atoms with Crippen LogP contribution in [0.2, 0.25) is 5.02 Å². The average Bonchev–Trinajstić information content (AvgIpc) is 3.25. The number of amides is 1. The first-order chi connectivity index (χ1) is 14.1. The zero-order chi connectivity index (χ0) is 20.2. The van der Waals surface area contributed by atoms with Crippen LogP contribution in [-0.2, 0) is 0 Å². The molecule has 2 aromatic carbocycles. The minimum atomic E-state index is -0.676. The minimum absolute atomic E-state index is 0.0536. The van der Waals surface area contributed by atoms with Gasteiger partial charge in [0.1, 0.15) is 5.82 Å². The summed E-state index contributed by atoms with van der Waals surface area (Å²) in [6.07, 6.45) is 3.44. The van der Waals surface area contributed by atoms with Gasteiger partial charge in [0.05, 0.1) is 10.6 Å². The molecule has 9 heteroatoms. The summed E-state index contributed by atoms with van der Waals surface area (Å²) in [6, 6.07) is 16.3. The van der Waals surface area contributed by atoms with Gasteiger partial charge in [0.2, 0.25) is 0 Å². The van der Waals surface area contributed by atoms with Gasteiger partial charge in [-0.2, -0.15) is 5.10 Å². The summed E-state index contributed by atoms with van der Waals surface area (Å²) in [5.41, 5.74) is 1.05. The third-order valence-corrected chi connectivity index (χ3v) is 4.31. The second-order valence-electron chi connectivity index (χ2n) is 5.98. The van der Waals surface area contributed by atoms with Crippen molar-refractivity contribution < 1.29 is 9.18 Å². The molecule has 2 N–H and O–H groups in total. The van der Waals surface area contributed by atoms with Gasteiger partial charge in [0.15, 0.2) is 11.6 Å². The highest BCUT2D eigenvalue weighted by atomic mass is 35.5. The van der Waals surface area contributed by atoms with Crippen LogP contribution in [-0.4, -0.2) is 25.9 Å². The van der Waals surface area contributed by atoms with Crippen molar-refractivity contribution in [1.29, 1.82) is 0 Å². The minimum Gasteiger partial charge on any atom is -0.339 e. The van der Waals surface area contributed by atoms with Gasteiger partial charge < -0.3 is 10.6 Å². The fourth-order valence-electron chi connectivity index (χ4n) is 2.61. The number of hydrogen-bond donors (Lipinski definition) is 2. The van der Waals surface area contributed by atoms with Crippen LogP contribution in [0.1, 0.15) is 10.4 Å². The Bertz CT molecular complexity index is 1110. The lowest BCUT2D eigenvalue weighted by Gasteiger charge is -2.09. The first-order valence-corrected chi connectivity index (χ1v) is 8.94. The lowest BCUT2D eigenvalue weighted by molar-refractivity contribution is 0.102. The van der Waals surface area contributed by atoms with Crippen LogP contribution in [0.15, 0.2) is 73.1 Å². The first kappa shape index (κ1) is 18.6. The van der Waals surface area contributed by atoms with Gasteiger partial charge in [-0.25, -0.2) is 9.07 Å². The molecule has 0 saturated heterocycles. The third kappa shape index (κ3) is 4.22. The summed E-state index contributed by atoms with van der Waals surface area (Å²) >= 11 is 5.92. The molecule has 1 amide bonds. The normalized spacial score (nSPS) is 10.6. The number of anilines is 3. The molecule has 0 unspecified atom stereocenters. The Balaban J connectivity index is 1.42. The SMILES string of the molecule is O=C(Nc1ccc(Nc2ccc(-n3cccn3)nn2)cc1)c1c(F)cccc1Cl. The molecule has 0 aliphatic heterocycles. The maximum absolute atomic E-state index is 13.9. The van der Waals surface area contributed by atoms with E-state index in [0.29, 0.717) is 17.3 Å². The quantitative estimate of drug-likeness (QED) is 0.509. The molecule has 0 bridgehead atoms. The van der Waals surface area contributed by atoms with Crippen molar-refractivity contribution >= 4 is 34.7 Å². The van der Waals surface area contributed by atoms with Crippen molar-refractivity contribution in [2.75, 3.05) is 10.6 Å². The first-order valence-electron chi connectivity index (χ1n) is 8.56. The lowest BCUT2D eigenvalue weighted by Crippen LogP contribution is -2.14. The number of rotatable bonds is 5. The molecule has 0 fully saturated rings. The van der Waals surface area contributed by atoms with Crippen LogP contribution in [0.5, 0.6) is 0 Å². The fourth-order valence-corrected chi connectivity index (χ4v) is 2.86. The average molecular weight is 409 g/mol. The van der Waals surface area contributed by atoms with E-state index in [4.69, 9.17) is 11.6 Å². The van der Waals surface area contributed by atoms with Crippen molar-refractivity contribution in [2.24, 2.45) is 0 Å². The highest BCUT2D eigenvalue weighted by molar-refractivity contribution is 6.34. The van der Waals surface area contributed by atoms with E-state index in [1.807, 2.05) is 0 Å². The molecule has 0 atom stereocenters. The van der Waals surface area contributed by atoms with E-state index < -0.39 is 11.7 Å². The predicted molar refractivity (Wildman–Crippen MR) is 108 cm³/mol. The summed E-state index contributed by atoms with van der Waals surface area (Å²) in [5, 5.41) is 18.1.